The number of sulfonamides is 1. The Bertz CT molecular complexity index is 387. The van der Waals surface area contributed by atoms with E-state index in [1.165, 1.54) is 6.42 Å². The van der Waals surface area contributed by atoms with Gasteiger partial charge in [-0.2, -0.15) is 0 Å². The third-order valence-corrected chi connectivity index (χ3v) is 7.26. The van der Waals surface area contributed by atoms with Crippen molar-refractivity contribution in [1.82, 2.24) is 4.72 Å². The van der Waals surface area contributed by atoms with E-state index in [0.29, 0.717) is 12.5 Å². The fourth-order valence-electron chi connectivity index (χ4n) is 4.18. The van der Waals surface area contributed by atoms with Crippen LogP contribution in [0.25, 0.3) is 0 Å². The summed E-state index contributed by atoms with van der Waals surface area (Å²) in [5.74, 6) is 0.629. The Morgan fingerprint density at radius 1 is 1.36 bits per heavy atom. The smallest absolute Gasteiger partial charge is 0.214 e. The topological polar surface area (TPSA) is 46.2 Å². The molecule has 2 aliphatic carbocycles. The first-order chi connectivity index (χ1) is 6.40. The lowest BCUT2D eigenvalue weighted by Gasteiger charge is -2.36. The maximum Gasteiger partial charge on any atom is 0.215 e. The summed E-state index contributed by atoms with van der Waals surface area (Å²) >= 11 is 0. The largest absolute Gasteiger partial charge is 0.215 e. The highest BCUT2D eigenvalue weighted by Gasteiger charge is 2.70. The van der Waals surface area contributed by atoms with Crippen LogP contribution in [0.5, 0.6) is 0 Å². The summed E-state index contributed by atoms with van der Waals surface area (Å²) in [6, 6.07) is 0. The molecular weight excluding hydrogens is 198 g/mol. The molecule has 0 aromatic carbocycles. The summed E-state index contributed by atoms with van der Waals surface area (Å²) in [5, 5.41) is -0.0938. The molecule has 1 saturated heterocycles. The Labute approximate surface area is 85.3 Å². The van der Waals surface area contributed by atoms with E-state index in [-0.39, 0.29) is 16.1 Å². The van der Waals surface area contributed by atoms with Crippen LogP contribution < -0.4 is 4.72 Å². The van der Waals surface area contributed by atoms with E-state index in [0.717, 1.165) is 12.8 Å². The van der Waals surface area contributed by atoms with Crippen LogP contribution in [0.2, 0.25) is 0 Å². The molecule has 2 saturated carbocycles. The molecule has 4 heteroatoms. The van der Waals surface area contributed by atoms with Crippen LogP contribution in [-0.2, 0) is 10.0 Å². The summed E-state index contributed by atoms with van der Waals surface area (Å²) in [5.41, 5.74) is 0.269. The van der Waals surface area contributed by atoms with Gasteiger partial charge < -0.3 is 0 Å². The summed E-state index contributed by atoms with van der Waals surface area (Å²) in [4.78, 5) is 0. The SMILES string of the molecule is CC1(C)C2CC[C@@]13CNS(=O)(=O)[C@@H]3C2. The van der Waals surface area contributed by atoms with Gasteiger partial charge in [-0.1, -0.05) is 13.8 Å². The average Bonchev–Trinajstić information content (AvgIpc) is 2.60. The van der Waals surface area contributed by atoms with Gasteiger partial charge in [0.25, 0.3) is 0 Å². The van der Waals surface area contributed by atoms with Crippen molar-refractivity contribution in [1.29, 1.82) is 0 Å². The maximum absolute atomic E-state index is 11.8. The second kappa shape index (κ2) is 2.19. The monoisotopic (exact) mass is 215 g/mol. The Morgan fingerprint density at radius 3 is 2.64 bits per heavy atom. The molecule has 0 radical (unpaired) electrons. The van der Waals surface area contributed by atoms with Crippen molar-refractivity contribution < 1.29 is 8.42 Å². The Hall–Kier alpha value is -0.0900. The predicted octanol–water partition coefficient (Wildman–Crippen LogP) is 1.11. The molecule has 14 heavy (non-hydrogen) atoms. The quantitative estimate of drug-likeness (QED) is 0.658. The zero-order valence-electron chi connectivity index (χ0n) is 8.71. The lowest BCUT2D eigenvalue weighted by Crippen LogP contribution is -2.38. The van der Waals surface area contributed by atoms with Crippen LogP contribution in [0.15, 0.2) is 0 Å². The van der Waals surface area contributed by atoms with Gasteiger partial charge in [-0.05, 0) is 30.6 Å². The molecule has 1 N–H and O–H groups in total. The van der Waals surface area contributed by atoms with Gasteiger partial charge in [0.15, 0.2) is 0 Å². The molecular formula is C10H17NO2S. The van der Waals surface area contributed by atoms with Crippen molar-refractivity contribution in [2.75, 3.05) is 6.54 Å². The highest BCUT2D eigenvalue weighted by molar-refractivity contribution is 7.90. The lowest BCUT2D eigenvalue weighted by atomic mass is 9.69. The predicted molar refractivity (Wildman–Crippen MR) is 54.3 cm³/mol. The first-order valence-corrected chi connectivity index (χ1v) is 6.93. The molecule has 0 aromatic rings. The number of nitrogens with one attached hydrogen (secondary N) is 1. The Balaban J connectivity index is 2.17. The second-order valence-electron chi connectivity index (χ2n) is 5.70. The number of hydrogen-bond donors (Lipinski definition) is 1. The van der Waals surface area contributed by atoms with Crippen LogP contribution in [0.1, 0.15) is 33.1 Å². The van der Waals surface area contributed by atoms with Crippen molar-refractivity contribution in [3.63, 3.8) is 0 Å². The first kappa shape index (κ1) is 9.16. The molecule has 1 heterocycles. The number of hydrogen-bond acceptors (Lipinski definition) is 2. The van der Waals surface area contributed by atoms with Gasteiger partial charge in [-0.3, -0.25) is 0 Å². The summed E-state index contributed by atoms with van der Waals surface area (Å²) in [7, 11) is -2.99. The molecule has 3 fully saturated rings. The van der Waals surface area contributed by atoms with Crippen molar-refractivity contribution in [3.8, 4) is 0 Å². The lowest BCUT2D eigenvalue weighted by molar-refractivity contribution is 0.146. The normalized spacial score (nSPS) is 52.1. The van der Waals surface area contributed by atoms with Gasteiger partial charge in [-0.25, -0.2) is 13.1 Å². The zero-order chi connectivity index (χ0) is 10.2. The molecule has 2 bridgehead atoms. The number of fused-ring (bicyclic) bond motifs is 1. The van der Waals surface area contributed by atoms with E-state index in [2.05, 4.69) is 18.6 Å². The fraction of sp³-hybridized carbons (Fsp3) is 1.00. The average molecular weight is 215 g/mol. The van der Waals surface area contributed by atoms with Gasteiger partial charge >= 0.3 is 0 Å². The van der Waals surface area contributed by atoms with Gasteiger partial charge in [-0.15, -0.1) is 0 Å². The molecule has 0 aromatic heterocycles. The van der Waals surface area contributed by atoms with E-state index in [1.54, 1.807) is 0 Å². The van der Waals surface area contributed by atoms with E-state index in [4.69, 9.17) is 0 Å². The number of rotatable bonds is 0. The molecule has 1 unspecified atom stereocenters. The van der Waals surface area contributed by atoms with Crippen molar-refractivity contribution in [3.05, 3.63) is 0 Å². The zero-order valence-corrected chi connectivity index (χ0v) is 9.52. The minimum atomic E-state index is -2.99. The highest BCUT2D eigenvalue weighted by atomic mass is 32.2. The summed E-state index contributed by atoms with van der Waals surface area (Å²) in [6.07, 6.45) is 3.21. The van der Waals surface area contributed by atoms with Gasteiger partial charge in [0.2, 0.25) is 10.0 Å². The third kappa shape index (κ3) is 0.735. The van der Waals surface area contributed by atoms with Crippen LogP contribution in [-0.4, -0.2) is 20.2 Å². The van der Waals surface area contributed by atoms with Crippen molar-refractivity contribution in [2.24, 2.45) is 16.7 Å². The van der Waals surface area contributed by atoms with Crippen LogP contribution >= 0.6 is 0 Å². The second-order valence-corrected chi connectivity index (χ2v) is 7.65. The maximum atomic E-state index is 11.8. The molecule has 1 aliphatic heterocycles. The summed E-state index contributed by atoms with van der Waals surface area (Å²) in [6.45, 7) is 5.20. The molecule has 1 spiro atoms. The molecule has 80 valence electrons. The van der Waals surface area contributed by atoms with Crippen molar-refractivity contribution in [2.45, 2.75) is 38.4 Å². The minimum absolute atomic E-state index is 0.0521. The van der Waals surface area contributed by atoms with Gasteiger partial charge in [0.05, 0.1) is 5.25 Å². The molecule has 3 rings (SSSR count). The van der Waals surface area contributed by atoms with Gasteiger partial charge in [0.1, 0.15) is 0 Å². The molecule has 3 aliphatic rings. The minimum Gasteiger partial charge on any atom is -0.214 e. The van der Waals surface area contributed by atoms with Crippen LogP contribution in [0.3, 0.4) is 0 Å². The summed E-state index contributed by atoms with van der Waals surface area (Å²) < 4.78 is 26.4. The van der Waals surface area contributed by atoms with E-state index < -0.39 is 10.0 Å². The molecule has 3 nitrogen and oxygen atoms in total. The van der Waals surface area contributed by atoms with E-state index in [1.807, 2.05) is 0 Å². The first-order valence-electron chi connectivity index (χ1n) is 5.39. The van der Waals surface area contributed by atoms with Gasteiger partial charge in [0, 0.05) is 12.0 Å². The Morgan fingerprint density at radius 2 is 2.07 bits per heavy atom. The molecule has 0 amide bonds. The molecule has 3 atom stereocenters. The van der Waals surface area contributed by atoms with E-state index >= 15 is 0 Å². The highest BCUT2D eigenvalue weighted by Crippen LogP contribution is 2.68. The van der Waals surface area contributed by atoms with Crippen LogP contribution in [0, 0.1) is 16.7 Å². The van der Waals surface area contributed by atoms with Crippen LogP contribution in [0.4, 0.5) is 0 Å². The Kier molecular flexibility index (Phi) is 1.43. The van der Waals surface area contributed by atoms with E-state index in [9.17, 15) is 8.42 Å². The standard InChI is InChI=1S/C10H17NO2S/c1-9(2)7-3-4-10(9)6-11-14(12,13)8(10)5-7/h7-8,11H,3-6H2,1-2H3/t7?,8-,10+/m1/s1. The van der Waals surface area contributed by atoms with Crippen molar-refractivity contribution >= 4 is 10.0 Å². The third-order valence-electron chi connectivity index (χ3n) is 5.32. The fourth-order valence-corrected chi connectivity index (χ4v) is 6.42.